The second kappa shape index (κ2) is 8.17. The molecule has 2 N–H and O–H groups in total. The average Bonchev–Trinajstić information content (AvgIpc) is 2.89. The fraction of sp³-hybridized carbons (Fsp3) is 0.500. The van der Waals surface area contributed by atoms with Gasteiger partial charge in [-0.1, -0.05) is 19.9 Å². The van der Waals surface area contributed by atoms with E-state index in [1.807, 2.05) is 24.5 Å². The molecule has 2 heterocycles. The number of sulfonamides is 1. The number of nitrogens with zero attached hydrogens (tertiary/aromatic N) is 4. The van der Waals surface area contributed by atoms with Crippen LogP contribution in [0, 0.1) is 17.2 Å². The van der Waals surface area contributed by atoms with Gasteiger partial charge in [0.25, 0.3) is 0 Å². The van der Waals surface area contributed by atoms with Crippen LogP contribution < -0.4 is 10.0 Å². The second-order valence-electron chi connectivity index (χ2n) is 7.07. The fourth-order valence-electron chi connectivity index (χ4n) is 3.22. The Morgan fingerprint density at radius 1 is 1.33 bits per heavy atom. The van der Waals surface area contributed by atoms with Crippen molar-refractivity contribution in [1.82, 2.24) is 24.8 Å². The molecule has 27 heavy (non-hydrogen) atoms. The van der Waals surface area contributed by atoms with Crippen molar-refractivity contribution in [2.45, 2.75) is 44.2 Å². The third kappa shape index (κ3) is 4.53. The molecule has 0 unspecified atom stereocenters. The van der Waals surface area contributed by atoms with Gasteiger partial charge >= 0.3 is 0 Å². The van der Waals surface area contributed by atoms with E-state index < -0.39 is 16.1 Å². The Bertz CT molecular complexity index is 945. The third-order valence-corrected chi connectivity index (χ3v) is 5.95. The first-order valence-corrected chi connectivity index (χ1v) is 10.5. The molecule has 1 aromatic heterocycles. The minimum absolute atomic E-state index is 0.0765. The predicted octanol–water partition coefficient (Wildman–Crippen LogP) is 1.36. The zero-order valence-corrected chi connectivity index (χ0v) is 16.3. The zero-order chi connectivity index (χ0) is 19.4. The molecule has 2 aromatic rings. The molecular formula is C18H24N6O2S. The number of aromatic nitrogens is 3. The first-order chi connectivity index (χ1) is 12.9. The van der Waals surface area contributed by atoms with E-state index >= 15 is 0 Å². The smallest absolute Gasteiger partial charge is 0.241 e. The number of nitrogens with one attached hydrogen (secondary N) is 2. The summed E-state index contributed by atoms with van der Waals surface area (Å²) in [6.45, 7) is 6.42. The summed E-state index contributed by atoms with van der Waals surface area (Å²) >= 11 is 0. The van der Waals surface area contributed by atoms with Gasteiger partial charge in [-0.2, -0.15) is 5.26 Å². The minimum Gasteiger partial charge on any atom is -0.315 e. The highest BCUT2D eigenvalue weighted by molar-refractivity contribution is 7.89. The van der Waals surface area contributed by atoms with Gasteiger partial charge in [-0.05, 0) is 30.5 Å². The molecule has 0 saturated carbocycles. The first-order valence-electron chi connectivity index (χ1n) is 9.06. The molecule has 1 atom stereocenters. The van der Waals surface area contributed by atoms with Crippen LogP contribution in [0.25, 0.3) is 0 Å². The maximum Gasteiger partial charge on any atom is 0.241 e. The second-order valence-corrected chi connectivity index (χ2v) is 8.78. The van der Waals surface area contributed by atoms with Gasteiger partial charge in [0.05, 0.1) is 22.6 Å². The average molecular weight is 388 g/mol. The van der Waals surface area contributed by atoms with E-state index in [0.717, 1.165) is 25.3 Å². The quantitative estimate of drug-likeness (QED) is 0.773. The largest absolute Gasteiger partial charge is 0.315 e. The summed E-state index contributed by atoms with van der Waals surface area (Å²) < 4.78 is 30.7. The van der Waals surface area contributed by atoms with Gasteiger partial charge in [-0.3, -0.25) is 0 Å². The van der Waals surface area contributed by atoms with Crippen LogP contribution in [-0.2, 0) is 23.0 Å². The van der Waals surface area contributed by atoms with Gasteiger partial charge < -0.3 is 9.88 Å². The van der Waals surface area contributed by atoms with E-state index in [9.17, 15) is 8.42 Å². The Morgan fingerprint density at radius 3 is 2.89 bits per heavy atom. The Balaban J connectivity index is 1.94. The zero-order valence-electron chi connectivity index (χ0n) is 15.5. The van der Waals surface area contributed by atoms with E-state index in [0.29, 0.717) is 24.4 Å². The maximum atomic E-state index is 12.9. The van der Waals surface area contributed by atoms with Gasteiger partial charge in [0.2, 0.25) is 10.0 Å². The minimum atomic E-state index is -3.80. The monoisotopic (exact) mass is 388 g/mol. The number of fused-ring (bicyclic) bond motifs is 1. The molecule has 1 aliphatic heterocycles. The van der Waals surface area contributed by atoms with Crippen molar-refractivity contribution in [3.63, 3.8) is 0 Å². The van der Waals surface area contributed by atoms with Crippen LogP contribution in [0.5, 0.6) is 0 Å². The van der Waals surface area contributed by atoms with Crippen molar-refractivity contribution in [1.29, 1.82) is 5.26 Å². The molecule has 0 fully saturated rings. The summed E-state index contributed by atoms with van der Waals surface area (Å²) in [5, 5.41) is 20.9. The third-order valence-electron chi connectivity index (χ3n) is 4.48. The Hall–Kier alpha value is -2.28. The summed E-state index contributed by atoms with van der Waals surface area (Å²) in [5.41, 5.74) is 0.306. The summed E-state index contributed by atoms with van der Waals surface area (Å²) in [5.74, 6) is 1.77. The van der Waals surface area contributed by atoms with Crippen molar-refractivity contribution >= 4 is 10.0 Å². The number of benzene rings is 1. The van der Waals surface area contributed by atoms with Crippen LogP contribution in [0.4, 0.5) is 0 Å². The number of nitriles is 1. The van der Waals surface area contributed by atoms with Gasteiger partial charge in [0, 0.05) is 26.1 Å². The molecule has 0 radical (unpaired) electrons. The molecule has 0 aliphatic carbocycles. The normalized spacial score (nSPS) is 15.8. The maximum absolute atomic E-state index is 12.9. The molecule has 1 aromatic carbocycles. The summed E-state index contributed by atoms with van der Waals surface area (Å²) in [6.07, 6.45) is 1.36. The highest BCUT2D eigenvalue weighted by Gasteiger charge is 2.28. The summed E-state index contributed by atoms with van der Waals surface area (Å²) in [7, 11) is -3.80. The highest BCUT2D eigenvalue weighted by Crippen LogP contribution is 2.24. The molecule has 9 heteroatoms. The van der Waals surface area contributed by atoms with Crippen molar-refractivity contribution < 1.29 is 8.42 Å². The highest BCUT2D eigenvalue weighted by atomic mass is 32.2. The molecule has 3 rings (SSSR count). The lowest BCUT2D eigenvalue weighted by atomic mass is 10.0. The lowest BCUT2D eigenvalue weighted by Gasteiger charge is -2.21. The van der Waals surface area contributed by atoms with Gasteiger partial charge in [-0.25, -0.2) is 13.1 Å². The molecular weight excluding hydrogens is 364 g/mol. The first kappa shape index (κ1) is 19.5. The van der Waals surface area contributed by atoms with E-state index in [1.165, 1.54) is 12.1 Å². The van der Waals surface area contributed by atoms with Gasteiger partial charge in [0.1, 0.15) is 5.82 Å². The number of hydrogen-bond donors (Lipinski definition) is 2. The SMILES string of the molecule is CC(C)C[C@@H](NS(=O)(=O)c1cccc(C#N)c1)c1nnc2n1CCNCC2. The van der Waals surface area contributed by atoms with E-state index in [4.69, 9.17) is 5.26 Å². The number of hydrogen-bond acceptors (Lipinski definition) is 6. The van der Waals surface area contributed by atoms with Crippen molar-refractivity contribution in [2.75, 3.05) is 13.1 Å². The van der Waals surface area contributed by atoms with E-state index in [1.54, 1.807) is 12.1 Å². The molecule has 0 saturated heterocycles. The van der Waals surface area contributed by atoms with Crippen LogP contribution in [-0.4, -0.2) is 36.3 Å². The Labute approximate surface area is 159 Å². The lowest BCUT2D eigenvalue weighted by Crippen LogP contribution is -2.32. The molecule has 8 nitrogen and oxygen atoms in total. The Kier molecular flexibility index (Phi) is 5.89. The van der Waals surface area contributed by atoms with Crippen LogP contribution in [0.2, 0.25) is 0 Å². The van der Waals surface area contributed by atoms with Crippen LogP contribution in [0.1, 0.15) is 43.5 Å². The van der Waals surface area contributed by atoms with Crippen molar-refractivity contribution in [3.05, 3.63) is 41.5 Å². The van der Waals surface area contributed by atoms with Crippen molar-refractivity contribution in [2.24, 2.45) is 5.92 Å². The molecule has 0 bridgehead atoms. The number of rotatable bonds is 6. The van der Waals surface area contributed by atoms with Crippen molar-refractivity contribution in [3.8, 4) is 6.07 Å². The molecule has 144 valence electrons. The molecule has 0 spiro atoms. The van der Waals surface area contributed by atoms with Gasteiger partial charge in [-0.15, -0.1) is 10.2 Å². The molecule has 1 aliphatic rings. The van der Waals surface area contributed by atoms with Gasteiger partial charge in [0.15, 0.2) is 5.82 Å². The Morgan fingerprint density at radius 2 is 2.15 bits per heavy atom. The summed E-state index contributed by atoms with van der Waals surface area (Å²) in [4.78, 5) is 0.0765. The topological polar surface area (TPSA) is 113 Å². The standard InChI is InChI=1S/C18H24N6O2S/c1-13(2)10-16(18-22-21-17-6-7-20-8-9-24(17)18)23-27(25,26)15-5-3-4-14(11-15)12-19/h3-5,11,13,16,20,23H,6-10H2,1-2H3/t16-/m1/s1. The molecule has 0 amide bonds. The predicted molar refractivity (Wildman–Crippen MR) is 100 cm³/mol. The van der Waals surface area contributed by atoms with Crippen LogP contribution >= 0.6 is 0 Å². The summed E-state index contributed by atoms with van der Waals surface area (Å²) in [6, 6.07) is 7.50. The van der Waals surface area contributed by atoms with Crippen LogP contribution in [0.3, 0.4) is 0 Å². The lowest BCUT2D eigenvalue weighted by molar-refractivity contribution is 0.439. The van der Waals surface area contributed by atoms with Crippen LogP contribution in [0.15, 0.2) is 29.2 Å². The van der Waals surface area contributed by atoms with E-state index in [2.05, 4.69) is 20.2 Å². The fourth-order valence-corrected chi connectivity index (χ4v) is 4.47. The van der Waals surface area contributed by atoms with E-state index in [-0.39, 0.29) is 10.8 Å².